The molecule has 1 fully saturated rings. The Morgan fingerprint density at radius 1 is 1.02 bits per heavy atom. The summed E-state index contributed by atoms with van der Waals surface area (Å²) in [6, 6.07) is 9.17. The van der Waals surface area contributed by atoms with Crippen molar-refractivity contribution in [3.8, 4) is 23.0 Å². The molecule has 0 saturated carbocycles. The van der Waals surface area contributed by atoms with Crippen LogP contribution >= 0.6 is 0 Å². The zero-order valence-corrected chi connectivity index (χ0v) is 25.9. The Bertz CT molecular complexity index is 1140. The lowest BCUT2D eigenvalue weighted by atomic mass is 9.83. The highest BCUT2D eigenvalue weighted by molar-refractivity contribution is 5.76. The Morgan fingerprint density at radius 3 is 2.22 bits per heavy atom. The molecule has 2 aliphatic rings. The smallest absolute Gasteiger partial charge is 0.211 e. The predicted octanol–water partition coefficient (Wildman–Crippen LogP) is 4.95. The van der Waals surface area contributed by atoms with E-state index in [-0.39, 0.29) is 6.97 Å². The van der Waals surface area contributed by atoms with E-state index in [0.717, 1.165) is 49.5 Å². The van der Waals surface area contributed by atoms with Gasteiger partial charge in [0, 0.05) is 51.0 Å². The molecule has 0 aromatic heterocycles. The van der Waals surface area contributed by atoms with Gasteiger partial charge in [-0.15, -0.1) is 0 Å². The van der Waals surface area contributed by atoms with Crippen LogP contribution in [0.2, 0.25) is 0 Å². The van der Waals surface area contributed by atoms with Crippen molar-refractivity contribution in [2.75, 3.05) is 60.4 Å². The summed E-state index contributed by atoms with van der Waals surface area (Å²) >= 11 is 0. The standard InChI is InChI=1S/C20H31N3O3.C9H11NO3.C2H6.H2/c1-5-23(24)20(8-10-22(2)11-9-20)19-7-6-17-15(14-21-19)12-16(25-3)13-18(17)26-4;1-12-7-3-4-8(10-6-11)9(5-7)13-2;1-2;/h7,12-13,21,24H,5-6,8-11,14H2,1-4H3;3-6H,1-2H3,(H,10,11);1-2H3;1H. The first-order valence-electron chi connectivity index (χ1n) is 14.1. The summed E-state index contributed by atoms with van der Waals surface area (Å²) < 4.78 is 21.0. The molecule has 2 heterocycles. The van der Waals surface area contributed by atoms with Gasteiger partial charge in [0.25, 0.3) is 0 Å². The van der Waals surface area contributed by atoms with E-state index in [4.69, 9.17) is 18.9 Å². The topological polar surface area (TPSA) is 105 Å². The largest absolute Gasteiger partial charge is 0.497 e. The van der Waals surface area contributed by atoms with Crippen LogP contribution in [-0.4, -0.2) is 82.2 Å². The number of benzene rings is 2. The minimum atomic E-state index is -0.347. The lowest BCUT2D eigenvalue weighted by Gasteiger charge is -2.46. The van der Waals surface area contributed by atoms with Gasteiger partial charge in [-0.1, -0.05) is 26.8 Å². The van der Waals surface area contributed by atoms with Crippen LogP contribution in [0.25, 0.3) is 0 Å². The number of anilines is 1. The molecule has 2 aromatic carbocycles. The molecule has 0 bridgehead atoms. The Balaban J connectivity index is 0.000000467. The van der Waals surface area contributed by atoms with Crippen molar-refractivity contribution in [2.24, 2.45) is 0 Å². The van der Waals surface area contributed by atoms with Gasteiger partial charge in [-0.05, 0) is 50.1 Å². The number of amides is 1. The summed E-state index contributed by atoms with van der Waals surface area (Å²) in [7, 11) is 8.61. The second-order valence-electron chi connectivity index (χ2n) is 9.52. The summed E-state index contributed by atoms with van der Waals surface area (Å²) in [4.78, 5) is 12.5. The molecule has 41 heavy (non-hydrogen) atoms. The molecule has 0 unspecified atom stereocenters. The molecule has 10 heteroatoms. The van der Waals surface area contributed by atoms with Crippen LogP contribution in [0.15, 0.2) is 42.1 Å². The lowest BCUT2D eigenvalue weighted by Crippen LogP contribution is -2.57. The molecule has 2 aromatic rings. The Morgan fingerprint density at radius 2 is 1.66 bits per heavy atom. The molecule has 2 aliphatic heterocycles. The summed E-state index contributed by atoms with van der Waals surface area (Å²) in [6.45, 7) is 9.25. The first kappa shape index (κ1) is 33.7. The fourth-order valence-corrected chi connectivity index (χ4v) is 5.12. The number of hydrogen-bond acceptors (Lipinski definition) is 9. The van der Waals surface area contributed by atoms with E-state index in [0.29, 0.717) is 36.7 Å². The zero-order valence-electron chi connectivity index (χ0n) is 25.9. The van der Waals surface area contributed by atoms with Gasteiger partial charge in [-0.3, -0.25) is 4.79 Å². The monoisotopic (exact) mass is 574 g/mol. The molecule has 3 N–H and O–H groups in total. The number of rotatable bonds is 9. The van der Waals surface area contributed by atoms with Crippen molar-refractivity contribution in [3.63, 3.8) is 0 Å². The number of carbonyl (C=O) groups excluding carboxylic acids is 1. The third kappa shape index (κ3) is 8.28. The van der Waals surface area contributed by atoms with E-state index in [1.54, 1.807) is 39.5 Å². The number of ether oxygens (including phenoxy) is 4. The number of likely N-dealkylation sites (tertiary alicyclic amines) is 1. The average molecular weight is 575 g/mol. The Kier molecular flexibility index (Phi) is 13.8. The van der Waals surface area contributed by atoms with Crippen molar-refractivity contribution in [1.82, 2.24) is 15.3 Å². The highest BCUT2D eigenvalue weighted by Gasteiger charge is 2.42. The van der Waals surface area contributed by atoms with E-state index in [1.165, 1.54) is 23.3 Å². The first-order valence-corrected chi connectivity index (χ1v) is 14.1. The number of allylic oxidation sites excluding steroid dienone is 1. The van der Waals surface area contributed by atoms with Crippen LogP contribution in [0.5, 0.6) is 23.0 Å². The number of hydroxylamine groups is 2. The van der Waals surface area contributed by atoms with Gasteiger partial charge in [0.05, 0.1) is 39.7 Å². The number of carbonyl (C=O) groups is 1. The number of fused-ring (bicyclic) bond motifs is 1. The van der Waals surface area contributed by atoms with Gasteiger partial charge < -0.3 is 39.7 Å². The second kappa shape index (κ2) is 16.7. The summed E-state index contributed by atoms with van der Waals surface area (Å²) in [6.07, 6.45) is 5.42. The predicted molar refractivity (Wildman–Crippen MR) is 164 cm³/mol. The molecule has 0 atom stereocenters. The molecule has 0 spiro atoms. The van der Waals surface area contributed by atoms with Gasteiger partial charge in [-0.25, -0.2) is 0 Å². The molecule has 230 valence electrons. The highest BCUT2D eigenvalue weighted by atomic mass is 16.5. The second-order valence-corrected chi connectivity index (χ2v) is 9.52. The van der Waals surface area contributed by atoms with Crippen LogP contribution in [0.3, 0.4) is 0 Å². The van der Waals surface area contributed by atoms with E-state index in [2.05, 4.69) is 34.7 Å². The molecule has 10 nitrogen and oxygen atoms in total. The van der Waals surface area contributed by atoms with E-state index in [9.17, 15) is 10.0 Å². The summed E-state index contributed by atoms with van der Waals surface area (Å²) in [5.41, 5.74) is 3.75. The molecule has 1 amide bonds. The van der Waals surface area contributed by atoms with Crippen LogP contribution in [-0.2, 0) is 17.8 Å². The maximum absolute atomic E-state index is 10.8. The fraction of sp³-hybridized carbons (Fsp3) is 0.516. The molecular weight excluding hydrogens is 524 g/mol. The minimum absolute atomic E-state index is 0. The summed E-state index contributed by atoms with van der Waals surface area (Å²) in [5.74, 6) is 2.92. The highest BCUT2D eigenvalue weighted by Crippen LogP contribution is 2.37. The van der Waals surface area contributed by atoms with E-state index in [1.807, 2.05) is 26.8 Å². The molecular formula is C31H50N4O6. The third-order valence-corrected chi connectivity index (χ3v) is 7.44. The Labute approximate surface area is 246 Å². The fourth-order valence-electron chi connectivity index (χ4n) is 5.12. The number of methoxy groups -OCH3 is 4. The number of nitrogens with zero attached hydrogens (tertiary/aromatic N) is 2. The van der Waals surface area contributed by atoms with Crippen LogP contribution < -0.4 is 29.6 Å². The maximum atomic E-state index is 10.8. The quantitative estimate of drug-likeness (QED) is 0.283. The van der Waals surface area contributed by atoms with Crippen molar-refractivity contribution in [1.29, 1.82) is 0 Å². The minimum Gasteiger partial charge on any atom is -0.497 e. The van der Waals surface area contributed by atoms with Gasteiger partial charge in [0.2, 0.25) is 6.41 Å². The average Bonchev–Trinajstić information content (AvgIpc) is 3.25. The van der Waals surface area contributed by atoms with Crippen molar-refractivity contribution < 1.29 is 30.4 Å². The molecule has 4 rings (SSSR count). The van der Waals surface area contributed by atoms with Gasteiger partial charge >= 0.3 is 0 Å². The number of piperidine rings is 1. The zero-order chi connectivity index (χ0) is 30.4. The molecule has 0 radical (unpaired) electrons. The van der Waals surface area contributed by atoms with Gasteiger partial charge in [-0.2, -0.15) is 5.06 Å². The van der Waals surface area contributed by atoms with Crippen LogP contribution in [0, 0.1) is 0 Å². The van der Waals surface area contributed by atoms with E-state index >= 15 is 0 Å². The van der Waals surface area contributed by atoms with Gasteiger partial charge in [0.1, 0.15) is 23.0 Å². The van der Waals surface area contributed by atoms with Crippen molar-refractivity contribution in [2.45, 2.75) is 52.1 Å². The third-order valence-electron chi connectivity index (χ3n) is 7.44. The molecule has 0 aliphatic carbocycles. The van der Waals surface area contributed by atoms with Crippen LogP contribution in [0.4, 0.5) is 5.69 Å². The number of nitrogens with one attached hydrogen (secondary N) is 2. The lowest BCUT2D eigenvalue weighted by molar-refractivity contribution is -0.172. The van der Waals surface area contributed by atoms with Crippen molar-refractivity contribution in [3.05, 3.63) is 53.2 Å². The normalized spacial score (nSPS) is 15.7. The first-order chi connectivity index (χ1) is 19.8. The van der Waals surface area contributed by atoms with Crippen molar-refractivity contribution >= 4 is 12.1 Å². The number of hydrogen-bond donors (Lipinski definition) is 3. The van der Waals surface area contributed by atoms with Gasteiger partial charge in [0.15, 0.2) is 0 Å². The van der Waals surface area contributed by atoms with Crippen LogP contribution in [0.1, 0.15) is 46.2 Å². The molecule has 1 saturated heterocycles. The van der Waals surface area contributed by atoms with E-state index < -0.39 is 0 Å². The summed E-state index contributed by atoms with van der Waals surface area (Å²) in [5, 5.41) is 18.4. The Hall–Kier alpha value is -3.47. The number of likely N-dealkylation sites (N-methyl/N-ethyl adjacent to an activating group) is 1. The SMILES string of the molecule is CC.CCN(O)C1(C2=CCc3c(cc(OC)cc3OC)CN2)CCN(C)CC1.COc1ccc(NC=O)c(OC)c1.[HH]. The maximum Gasteiger partial charge on any atom is 0.211 e.